The van der Waals surface area contributed by atoms with Crippen molar-refractivity contribution in [2.75, 3.05) is 54.2 Å². The van der Waals surface area contributed by atoms with Gasteiger partial charge in [0.1, 0.15) is 13.2 Å². The van der Waals surface area contributed by atoms with Crippen molar-refractivity contribution in [3.63, 3.8) is 0 Å². The van der Waals surface area contributed by atoms with Crippen molar-refractivity contribution >= 4 is 49.5 Å². The number of nitrogens with zero attached hydrogens (tertiary/aromatic N) is 4. The smallest absolute Gasteiger partial charge is 0.414 e. The van der Waals surface area contributed by atoms with Crippen molar-refractivity contribution in [1.82, 2.24) is 4.90 Å². The van der Waals surface area contributed by atoms with E-state index in [9.17, 15) is 24.3 Å². The van der Waals surface area contributed by atoms with Gasteiger partial charge in [0.15, 0.2) is 5.60 Å². The quantitative estimate of drug-likeness (QED) is 0.207. The minimum atomic E-state index is -3.60. The second-order valence-corrected chi connectivity index (χ2v) is 18.1. The maximum Gasteiger partial charge on any atom is 0.414 e. The van der Waals surface area contributed by atoms with E-state index in [-0.39, 0.29) is 51.1 Å². The summed E-state index contributed by atoms with van der Waals surface area (Å²) in [4.78, 5) is 59.9. The Bertz CT molecular complexity index is 1860. The van der Waals surface area contributed by atoms with Crippen molar-refractivity contribution in [2.24, 2.45) is 5.92 Å². The summed E-state index contributed by atoms with van der Waals surface area (Å²) in [5.41, 5.74) is 1.58. The molecule has 0 radical (unpaired) electrons. The molecule has 12 nitrogen and oxygen atoms in total. The molecule has 52 heavy (non-hydrogen) atoms. The lowest BCUT2D eigenvalue weighted by Crippen LogP contribution is -2.45. The Morgan fingerprint density at radius 1 is 0.923 bits per heavy atom. The topological polar surface area (TPSA) is 129 Å². The summed E-state index contributed by atoms with van der Waals surface area (Å²) in [6, 6.07) is 22.0. The number of halogens is 1. The number of hydrogen-bond donors (Lipinski definition) is 1. The van der Waals surface area contributed by atoms with E-state index in [1.165, 1.54) is 9.80 Å². The van der Waals surface area contributed by atoms with Crippen molar-refractivity contribution in [2.45, 2.75) is 56.8 Å². The molecular formula is C38H43FN4O8Si. The summed E-state index contributed by atoms with van der Waals surface area (Å²) in [6.07, 6.45) is -2.02. The molecule has 3 aromatic rings. The van der Waals surface area contributed by atoms with E-state index < -0.39 is 43.8 Å². The number of rotatable bonds is 11. The summed E-state index contributed by atoms with van der Waals surface area (Å²) in [5.74, 6) is -1.36. The third-order valence-electron chi connectivity index (χ3n) is 10.7. The van der Waals surface area contributed by atoms with Gasteiger partial charge in [0, 0.05) is 41.5 Å². The lowest BCUT2D eigenvalue weighted by molar-refractivity contribution is -0.150. The van der Waals surface area contributed by atoms with Crippen molar-refractivity contribution in [1.29, 1.82) is 0 Å². The van der Waals surface area contributed by atoms with Gasteiger partial charge in [-0.1, -0.05) is 49.4 Å². The van der Waals surface area contributed by atoms with Gasteiger partial charge in [0.2, 0.25) is 14.3 Å². The number of hydrogen-bond acceptors (Lipinski definition) is 8. The van der Waals surface area contributed by atoms with Gasteiger partial charge in [-0.25, -0.2) is 9.59 Å². The number of benzene rings is 3. The number of anilines is 3. The minimum Gasteiger partial charge on any atom is -0.447 e. The monoisotopic (exact) mass is 730 g/mol. The van der Waals surface area contributed by atoms with Gasteiger partial charge in [0.25, 0.3) is 5.91 Å². The highest BCUT2D eigenvalue weighted by Gasteiger charge is 2.67. The Morgan fingerprint density at radius 2 is 1.56 bits per heavy atom. The third-order valence-corrected chi connectivity index (χ3v) is 13.1. The number of carbonyl (C=O) groups excluding carboxylic acids is 4. The zero-order valence-corrected chi connectivity index (χ0v) is 30.5. The fourth-order valence-corrected chi connectivity index (χ4v) is 10.8. The van der Waals surface area contributed by atoms with Gasteiger partial charge in [-0.3, -0.25) is 19.4 Å². The fourth-order valence-electron chi connectivity index (χ4n) is 8.30. The molecule has 0 aromatic heterocycles. The first-order chi connectivity index (χ1) is 24.9. The van der Waals surface area contributed by atoms with Gasteiger partial charge in [-0.15, -0.1) is 0 Å². The SMILES string of the molecule is C[C@H]1[C@H]([Si](C)(C)F)[C@@H](CC(=O)N(CCO)Cc2ccccc2)O[C@]12C(=O)N(Cc1ccc(N3CCOC3=O)cc1)c1ccc(N3CCOC3=O)cc12. The van der Waals surface area contributed by atoms with Crippen LogP contribution in [-0.4, -0.2) is 88.0 Å². The van der Waals surface area contributed by atoms with E-state index >= 15 is 4.11 Å². The fraction of sp³-hybridized carbons (Fsp3) is 0.421. The van der Waals surface area contributed by atoms with E-state index in [1.54, 1.807) is 53.2 Å². The van der Waals surface area contributed by atoms with Crippen LogP contribution < -0.4 is 14.7 Å². The molecule has 7 rings (SSSR count). The van der Waals surface area contributed by atoms with Gasteiger partial charge in [-0.05, 0) is 54.6 Å². The van der Waals surface area contributed by atoms with Crippen molar-refractivity contribution in [3.8, 4) is 0 Å². The zero-order valence-electron chi connectivity index (χ0n) is 29.5. The van der Waals surface area contributed by atoms with Crippen LogP contribution in [0.3, 0.4) is 0 Å². The van der Waals surface area contributed by atoms with Crippen LogP contribution in [0.2, 0.25) is 18.6 Å². The van der Waals surface area contributed by atoms with Crippen molar-refractivity contribution < 1.29 is 42.6 Å². The molecule has 4 amide bonds. The van der Waals surface area contributed by atoms with Gasteiger partial charge in [-0.2, -0.15) is 0 Å². The van der Waals surface area contributed by atoms with E-state index in [0.29, 0.717) is 42.3 Å². The molecule has 4 aliphatic heterocycles. The largest absolute Gasteiger partial charge is 0.447 e. The first-order valence-electron chi connectivity index (χ1n) is 17.7. The number of ether oxygens (including phenoxy) is 3. The van der Waals surface area contributed by atoms with Crippen LogP contribution in [0.5, 0.6) is 0 Å². The summed E-state index contributed by atoms with van der Waals surface area (Å²) < 4.78 is 33.7. The van der Waals surface area contributed by atoms with E-state index in [0.717, 1.165) is 11.1 Å². The maximum absolute atomic E-state index is 16.6. The van der Waals surface area contributed by atoms with Crippen LogP contribution in [0.4, 0.5) is 30.8 Å². The number of aliphatic hydroxyl groups is 1. The summed E-state index contributed by atoms with van der Waals surface area (Å²) >= 11 is 0. The Morgan fingerprint density at radius 3 is 2.15 bits per heavy atom. The highest BCUT2D eigenvalue weighted by Crippen LogP contribution is 2.61. The van der Waals surface area contributed by atoms with Crippen LogP contribution in [0.15, 0.2) is 72.8 Å². The molecule has 3 saturated heterocycles. The maximum atomic E-state index is 16.6. The van der Waals surface area contributed by atoms with Gasteiger partial charge >= 0.3 is 12.2 Å². The molecule has 3 fully saturated rings. The summed E-state index contributed by atoms with van der Waals surface area (Å²) in [5, 5.41) is 9.84. The Balaban J connectivity index is 1.24. The average molecular weight is 731 g/mol. The van der Waals surface area contributed by atoms with E-state index in [2.05, 4.69) is 0 Å². The predicted molar refractivity (Wildman–Crippen MR) is 193 cm³/mol. The molecule has 4 aliphatic rings. The molecule has 0 unspecified atom stereocenters. The summed E-state index contributed by atoms with van der Waals surface area (Å²) in [7, 11) is -3.60. The molecule has 3 aromatic carbocycles. The molecule has 274 valence electrons. The van der Waals surface area contributed by atoms with E-state index in [4.69, 9.17) is 14.2 Å². The van der Waals surface area contributed by atoms with Crippen LogP contribution >= 0.6 is 0 Å². The highest BCUT2D eigenvalue weighted by molar-refractivity contribution is 6.72. The predicted octanol–water partition coefficient (Wildman–Crippen LogP) is 5.33. The Kier molecular flexibility index (Phi) is 9.57. The third kappa shape index (κ3) is 6.32. The second kappa shape index (κ2) is 14.0. The first-order valence-corrected chi connectivity index (χ1v) is 20.6. The summed E-state index contributed by atoms with van der Waals surface area (Å²) in [6.45, 7) is 6.57. The van der Waals surface area contributed by atoms with Crippen LogP contribution in [-0.2, 0) is 42.5 Å². The van der Waals surface area contributed by atoms with E-state index in [1.807, 2.05) is 49.4 Å². The molecule has 0 saturated carbocycles. The number of amides is 4. The molecule has 0 aliphatic carbocycles. The highest BCUT2D eigenvalue weighted by atomic mass is 28.4. The molecule has 4 heterocycles. The standard InChI is InChI=1S/C38H43FN4O8Si/c1-25-34(52(2,3)39)32(22-33(45)40(15-18-44)23-26-7-5-4-6-8-26)51-38(25)30-21-29(42-17-20-50-37(42)48)13-14-31(30)43(35(38)46)24-27-9-11-28(12-10-27)41-16-19-49-36(41)47/h4-14,21,25,32,34,44H,15-20,22-24H2,1-3H3/t25-,32+,34-,38+/m0/s1. The molecular weight excluding hydrogens is 688 g/mol. The molecule has 4 atom stereocenters. The number of cyclic esters (lactones) is 2. The normalized spacial score (nSPS) is 24.1. The van der Waals surface area contributed by atoms with Gasteiger partial charge in [0.05, 0.1) is 44.5 Å². The molecule has 1 N–H and O–H groups in total. The Hall–Kier alpha value is -4.79. The second-order valence-electron chi connectivity index (χ2n) is 14.3. The molecule has 0 bridgehead atoms. The number of aliphatic hydroxyl groups excluding tert-OH is 1. The lowest BCUT2D eigenvalue weighted by atomic mass is 9.82. The Labute approximate surface area is 302 Å². The lowest BCUT2D eigenvalue weighted by Gasteiger charge is -2.31. The average Bonchev–Trinajstić information content (AvgIpc) is 3.87. The molecule has 1 spiro atoms. The van der Waals surface area contributed by atoms with Crippen molar-refractivity contribution in [3.05, 3.63) is 89.5 Å². The number of carbonyl (C=O) groups is 4. The van der Waals surface area contributed by atoms with Crippen LogP contribution in [0.1, 0.15) is 30.0 Å². The molecule has 14 heteroatoms. The van der Waals surface area contributed by atoms with Crippen LogP contribution in [0, 0.1) is 5.92 Å². The zero-order chi connectivity index (χ0) is 36.8. The van der Waals surface area contributed by atoms with Crippen LogP contribution in [0.25, 0.3) is 0 Å². The minimum absolute atomic E-state index is 0.0881. The van der Waals surface area contributed by atoms with Gasteiger partial charge < -0.3 is 33.2 Å². The number of fused-ring (bicyclic) bond motifs is 2. The first kappa shape index (κ1) is 35.6.